The van der Waals surface area contributed by atoms with Crippen LogP contribution in [0.5, 0.6) is 0 Å². The SMILES string of the molecule is CCCCCCCCCCCCOCC[NH]. The Balaban J connectivity index is 2.83. The monoisotopic (exact) mass is 228 g/mol. The van der Waals surface area contributed by atoms with E-state index in [1.54, 1.807) is 0 Å². The highest BCUT2D eigenvalue weighted by Gasteiger charge is 1.92. The predicted octanol–water partition coefficient (Wildman–Crippen LogP) is 4.21. The number of ether oxygens (including phenoxy) is 1. The van der Waals surface area contributed by atoms with Gasteiger partial charge in [0.05, 0.1) is 6.61 Å². The van der Waals surface area contributed by atoms with E-state index < -0.39 is 0 Å². The zero-order chi connectivity index (χ0) is 11.9. The Morgan fingerprint density at radius 3 is 1.69 bits per heavy atom. The lowest BCUT2D eigenvalue weighted by Crippen LogP contribution is -2.01. The van der Waals surface area contributed by atoms with E-state index in [9.17, 15) is 0 Å². The van der Waals surface area contributed by atoms with Gasteiger partial charge in [-0.25, -0.2) is 0 Å². The average molecular weight is 228 g/mol. The van der Waals surface area contributed by atoms with Crippen LogP contribution in [-0.4, -0.2) is 19.8 Å². The molecule has 0 atom stereocenters. The molecule has 0 fully saturated rings. The number of hydrogen-bond acceptors (Lipinski definition) is 1. The Bertz CT molecular complexity index is 103. The number of rotatable bonds is 13. The summed E-state index contributed by atoms with van der Waals surface area (Å²) in [4.78, 5) is 0. The van der Waals surface area contributed by atoms with E-state index in [1.807, 2.05) is 0 Å². The van der Waals surface area contributed by atoms with Gasteiger partial charge < -0.3 is 4.74 Å². The first-order valence-corrected chi connectivity index (χ1v) is 7.14. The fourth-order valence-corrected chi connectivity index (χ4v) is 1.87. The van der Waals surface area contributed by atoms with Gasteiger partial charge in [0.15, 0.2) is 0 Å². The normalized spacial score (nSPS) is 10.9. The molecule has 16 heavy (non-hydrogen) atoms. The molecule has 0 spiro atoms. The summed E-state index contributed by atoms with van der Waals surface area (Å²) in [5.41, 5.74) is 6.92. The second-order valence-corrected chi connectivity index (χ2v) is 4.54. The summed E-state index contributed by atoms with van der Waals surface area (Å²) < 4.78 is 5.27. The smallest absolute Gasteiger partial charge is 0.0604 e. The van der Waals surface area contributed by atoms with Crippen LogP contribution in [0.4, 0.5) is 0 Å². The minimum absolute atomic E-state index is 0.401. The van der Waals surface area contributed by atoms with E-state index in [0.717, 1.165) is 6.61 Å². The molecule has 0 saturated carbocycles. The van der Waals surface area contributed by atoms with Crippen molar-refractivity contribution in [1.82, 2.24) is 5.73 Å². The standard InChI is InChI=1S/C14H30NO/c1-2-3-4-5-6-7-8-9-10-11-13-16-14-12-15/h15H,2-14H2,1H3. The average Bonchev–Trinajstić information content (AvgIpc) is 2.31. The van der Waals surface area contributed by atoms with E-state index in [4.69, 9.17) is 10.5 Å². The minimum Gasteiger partial charge on any atom is -0.380 e. The summed E-state index contributed by atoms with van der Waals surface area (Å²) >= 11 is 0. The molecule has 97 valence electrons. The van der Waals surface area contributed by atoms with Crippen LogP contribution < -0.4 is 5.73 Å². The lowest BCUT2D eigenvalue weighted by molar-refractivity contribution is 0.136. The molecule has 0 aromatic heterocycles. The zero-order valence-corrected chi connectivity index (χ0v) is 11.1. The van der Waals surface area contributed by atoms with Crippen LogP contribution in [-0.2, 0) is 4.74 Å². The first kappa shape index (κ1) is 15.9. The number of unbranched alkanes of at least 4 members (excludes halogenated alkanes) is 9. The summed E-state index contributed by atoms with van der Waals surface area (Å²) in [5.74, 6) is 0. The van der Waals surface area contributed by atoms with Gasteiger partial charge >= 0.3 is 0 Å². The summed E-state index contributed by atoms with van der Waals surface area (Å²) in [7, 11) is 0. The number of hydrogen-bond donors (Lipinski definition) is 0. The molecule has 1 N–H and O–H groups in total. The van der Waals surface area contributed by atoms with Gasteiger partial charge in [-0.1, -0.05) is 64.7 Å². The van der Waals surface area contributed by atoms with Crippen molar-refractivity contribution in [2.24, 2.45) is 0 Å². The van der Waals surface area contributed by atoms with Gasteiger partial charge in [0, 0.05) is 13.2 Å². The lowest BCUT2D eigenvalue weighted by Gasteiger charge is -2.03. The van der Waals surface area contributed by atoms with Crippen molar-refractivity contribution in [3.05, 3.63) is 0 Å². The Labute approximate surface area is 102 Å². The zero-order valence-electron chi connectivity index (χ0n) is 11.1. The van der Waals surface area contributed by atoms with E-state index in [-0.39, 0.29) is 0 Å². The van der Waals surface area contributed by atoms with Gasteiger partial charge in [-0.15, -0.1) is 0 Å². The molecule has 2 heteroatoms. The van der Waals surface area contributed by atoms with E-state index in [2.05, 4.69) is 6.92 Å². The fourth-order valence-electron chi connectivity index (χ4n) is 1.87. The topological polar surface area (TPSA) is 33.0 Å². The molecule has 0 aromatic rings. The van der Waals surface area contributed by atoms with Gasteiger partial charge in [-0.2, -0.15) is 0 Å². The molecule has 0 rings (SSSR count). The Hall–Kier alpha value is -0.0800. The third-order valence-electron chi connectivity index (χ3n) is 2.89. The lowest BCUT2D eigenvalue weighted by atomic mass is 10.1. The molecule has 0 amide bonds. The van der Waals surface area contributed by atoms with Crippen molar-refractivity contribution >= 4 is 0 Å². The molecule has 0 aliphatic carbocycles. The van der Waals surface area contributed by atoms with Crippen molar-refractivity contribution in [2.75, 3.05) is 19.8 Å². The molecule has 0 aliphatic heterocycles. The Kier molecular flexibility index (Phi) is 14.8. The second-order valence-electron chi connectivity index (χ2n) is 4.54. The highest BCUT2D eigenvalue weighted by Crippen LogP contribution is 2.10. The Morgan fingerprint density at radius 2 is 1.19 bits per heavy atom. The van der Waals surface area contributed by atoms with E-state index in [0.29, 0.717) is 13.2 Å². The third-order valence-corrected chi connectivity index (χ3v) is 2.89. The van der Waals surface area contributed by atoms with Crippen LogP contribution >= 0.6 is 0 Å². The molecule has 0 saturated heterocycles. The first-order chi connectivity index (χ1) is 7.91. The largest absolute Gasteiger partial charge is 0.380 e. The molecule has 2 nitrogen and oxygen atoms in total. The molecule has 1 radical (unpaired) electrons. The molecule has 0 heterocycles. The van der Waals surface area contributed by atoms with Crippen LogP contribution in [0.2, 0.25) is 0 Å². The molecular weight excluding hydrogens is 198 g/mol. The van der Waals surface area contributed by atoms with Crippen molar-refractivity contribution in [1.29, 1.82) is 0 Å². The highest BCUT2D eigenvalue weighted by atomic mass is 16.5. The van der Waals surface area contributed by atoms with Crippen LogP contribution in [0.15, 0.2) is 0 Å². The van der Waals surface area contributed by atoms with Gasteiger partial charge in [0.1, 0.15) is 0 Å². The first-order valence-electron chi connectivity index (χ1n) is 7.14. The molecule has 0 unspecified atom stereocenters. The van der Waals surface area contributed by atoms with E-state index >= 15 is 0 Å². The van der Waals surface area contributed by atoms with Crippen LogP contribution in [0.25, 0.3) is 0 Å². The van der Waals surface area contributed by atoms with Gasteiger partial charge in [0.2, 0.25) is 0 Å². The maximum atomic E-state index is 6.92. The fraction of sp³-hybridized carbons (Fsp3) is 1.00. The molecular formula is C14H30NO. The maximum Gasteiger partial charge on any atom is 0.0604 e. The van der Waals surface area contributed by atoms with Crippen molar-refractivity contribution in [2.45, 2.75) is 71.1 Å². The van der Waals surface area contributed by atoms with Gasteiger partial charge in [0.25, 0.3) is 0 Å². The summed E-state index contributed by atoms with van der Waals surface area (Å²) in [6.07, 6.45) is 13.7. The Morgan fingerprint density at radius 1 is 0.688 bits per heavy atom. The minimum atomic E-state index is 0.401. The summed E-state index contributed by atoms with van der Waals surface area (Å²) in [5, 5.41) is 0. The summed E-state index contributed by atoms with van der Waals surface area (Å²) in [6, 6.07) is 0. The third kappa shape index (κ3) is 13.9. The van der Waals surface area contributed by atoms with Gasteiger partial charge in [-0.3, -0.25) is 5.73 Å². The van der Waals surface area contributed by atoms with Crippen LogP contribution in [0, 0.1) is 0 Å². The number of nitrogens with one attached hydrogen (secondary N) is 1. The highest BCUT2D eigenvalue weighted by molar-refractivity contribution is 4.47. The van der Waals surface area contributed by atoms with Crippen molar-refractivity contribution in [3.8, 4) is 0 Å². The van der Waals surface area contributed by atoms with Crippen molar-refractivity contribution in [3.63, 3.8) is 0 Å². The maximum absolute atomic E-state index is 6.92. The molecule has 0 bridgehead atoms. The molecule has 0 aromatic carbocycles. The van der Waals surface area contributed by atoms with Crippen molar-refractivity contribution < 1.29 is 4.74 Å². The van der Waals surface area contributed by atoms with Crippen LogP contribution in [0.3, 0.4) is 0 Å². The summed E-state index contributed by atoms with van der Waals surface area (Å²) in [6.45, 7) is 4.13. The quantitative estimate of drug-likeness (QED) is 0.435. The van der Waals surface area contributed by atoms with E-state index in [1.165, 1.54) is 64.2 Å². The van der Waals surface area contributed by atoms with Gasteiger partial charge in [-0.05, 0) is 6.42 Å². The predicted molar refractivity (Wildman–Crippen MR) is 70.6 cm³/mol. The van der Waals surface area contributed by atoms with Crippen LogP contribution in [0.1, 0.15) is 71.1 Å². The molecule has 0 aliphatic rings. The second kappa shape index (κ2) is 14.9.